The number of aromatic nitrogens is 2. The lowest BCUT2D eigenvalue weighted by Crippen LogP contribution is -2.26. The summed E-state index contributed by atoms with van der Waals surface area (Å²) in [6, 6.07) is 1.84. The van der Waals surface area contributed by atoms with E-state index in [2.05, 4.69) is 22.2 Å². The van der Waals surface area contributed by atoms with E-state index >= 15 is 0 Å². The highest BCUT2D eigenvalue weighted by Gasteiger charge is 2.15. The van der Waals surface area contributed by atoms with Crippen molar-refractivity contribution >= 4 is 5.82 Å². The van der Waals surface area contributed by atoms with Crippen LogP contribution in [0.3, 0.4) is 0 Å². The van der Waals surface area contributed by atoms with Gasteiger partial charge in [0, 0.05) is 26.1 Å². The second-order valence-corrected chi connectivity index (χ2v) is 4.81. The Hall–Kier alpha value is -1.36. The minimum Gasteiger partial charge on any atom is -0.475 e. The number of aryl methyl sites for hydroxylation is 1. The predicted octanol–water partition coefficient (Wildman–Crippen LogP) is 2.42. The van der Waals surface area contributed by atoms with E-state index in [1.54, 1.807) is 0 Å². The molecule has 5 nitrogen and oxygen atoms in total. The third-order valence-corrected chi connectivity index (χ3v) is 3.17. The first kappa shape index (κ1) is 14.1. The first-order valence-electron chi connectivity index (χ1n) is 7.12. The van der Waals surface area contributed by atoms with Gasteiger partial charge in [-0.25, -0.2) is 4.98 Å². The third kappa shape index (κ3) is 4.35. The monoisotopic (exact) mass is 265 g/mol. The zero-order chi connectivity index (χ0) is 13.5. The number of ether oxygens (including phenoxy) is 2. The molecule has 1 saturated heterocycles. The average molecular weight is 265 g/mol. The maximum absolute atomic E-state index is 5.76. The van der Waals surface area contributed by atoms with Crippen molar-refractivity contribution in [2.45, 2.75) is 45.1 Å². The minimum atomic E-state index is 0.205. The van der Waals surface area contributed by atoms with Crippen LogP contribution in [0.5, 0.6) is 5.88 Å². The van der Waals surface area contributed by atoms with Crippen LogP contribution < -0.4 is 10.1 Å². The van der Waals surface area contributed by atoms with Gasteiger partial charge in [-0.1, -0.05) is 6.92 Å². The number of hydrogen-bond donors (Lipinski definition) is 1. The maximum Gasteiger partial charge on any atom is 0.218 e. The lowest BCUT2D eigenvalue weighted by Gasteiger charge is -2.22. The van der Waals surface area contributed by atoms with Crippen LogP contribution in [-0.4, -0.2) is 36.3 Å². The predicted molar refractivity (Wildman–Crippen MR) is 74.7 cm³/mol. The van der Waals surface area contributed by atoms with Crippen LogP contribution in [0.15, 0.2) is 6.07 Å². The summed E-state index contributed by atoms with van der Waals surface area (Å²) >= 11 is 0. The smallest absolute Gasteiger partial charge is 0.218 e. The van der Waals surface area contributed by atoms with Crippen molar-refractivity contribution in [3.63, 3.8) is 0 Å². The van der Waals surface area contributed by atoms with Crippen LogP contribution in [0.25, 0.3) is 0 Å². The Kier molecular flexibility index (Phi) is 5.39. The Morgan fingerprint density at radius 3 is 3.00 bits per heavy atom. The van der Waals surface area contributed by atoms with Gasteiger partial charge in [-0.3, -0.25) is 0 Å². The average Bonchev–Trinajstić information content (AvgIpc) is 2.46. The molecule has 19 heavy (non-hydrogen) atoms. The molecule has 2 rings (SSSR count). The van der Waals surface area contributed by atoms with Crippen molar-refractivity contribution in [1.29, 1.82) is 0 Å². The van der Waals surface area contributed by atoms with Gasteiger partial charge in [-0.2, -0.15) is 4.98 Å². The SMILES string of the molecule is CCCc1nc(NC)cc(OCC2CCCCO2)n1. The van der Waals surface area contributed by atoms with Gasteiger partial charge < -0.3 is 14.8 Å². The minimum absolute atomic E-state index is 0.205. The number of nitrogens with one attached hydrogen (secondary N) is 1. The standard InChI is InChI=1S/C14H23N3O2/c1-3-6-12-16-13(15-2)9-14(17-12)19-10-11-7-4-5-8-18-11/h9,11H,3-8,10H2,1-2H3,(H,15,16,17). The van der Waals surface area contributed by atoms with Crippen molar-refractivity contribution in [2.24, 2.45) is 0 Å². The van der Waals surface area contributed by atoms with Crippen LogP contribution in [0.1, 0.15) is 38.4 Å². The zero-order valence-corrected chi connectivity index (χ0v) is 11.8. The van der Waals surface area contributed by atoms with E-state index in [1.807, 2.05) is 13.1 Å². The first-order chi connectivity index (χ1) is 9.31. The molecule has 1 aromatic heterocycles. The molecular formula is C14H23N3O2. The van der Waals surface area contributed by atoms with Crippen molar-refractivity contribution in [2.75, 3.05) is 25.6 Å². The van der Waals surface area contributed by atoms with Crippen molar-refractivity contribution in [3.8, 4) is 5.88 Å². The quantitative estimate of drug-likeness (QED) is 0.856. The fourth-order valence-electron chi connectivity index (χ4n) is 2.13. The fourth-order valence-corrected chi connectivity index (χ4v) is 2.13. The molecule has 0 spiro atoms. The van der Waals surface area contributed by atoms with Gasteiger partial charge in [0.15, 0.2) is 0 Å². The fraction of sp³-hybridized carbons (Fsp3) is 0.714. The molecule has 0 amide bonds. The molecule has 0 bridgehead atoms. The highest BCUT2D eigenvalue weighted by Crippen LogP contribution is 2.17. The van der Waals surface area contributed by atoms with Gasteiger partial charge in [-0.05, 0) is 25.7 Å². The molecule has 1 fully saturated rings. The first-order valence-corrected chi connectivity index (χ1v) is 7.12. The van der Waals surface area contributed by atoms with Crippen molar-refractivity contribution in [3.05, 3.63) is 11.9 Å². The van der Waals surface area contributed by atoms with E-state index in [9.17, 15) is 0 Å². The van der Waals surface area contributed by atoms with Gasteiger partial charge in [0.2, 0.25) is 5.88 Å². The van der Waals surface area contributed by atoms with Crippen molar-refractivity contribution < 1.29 is 9.47 Å². The van der Waals surface area contributed by atoms with Crippen LogP contribution in [0.4, 0.5) is 5.82 Å². The molecular weight excluding hydrogens is 242 g/mol. The molecule has 5 heteroatoms. The topological polar surface area (TPSA) is 56.3 Å². The number of hydrogen-bond acceptors (Lipinski definition) is 5. The van der Waals surface area contributed by atoms with Gasteiger partial charge in [-0.15, -0.1) is 0 Å². The van der Waals surface area contributed by atoms with E-state index in [0.29, 0.717) is 12.5 Å². The zero-order valence-electron chi connectivity index (χ0n) is 11.8. The largest absolute Gasteiger partial charge is 0.475 e. The highest BCUT2D eigenvalue weighted by molar-refractivity contribution is 5.37. The molecule has 0 saturated carbocycles. The lowest BCUT2D eigenvalue weighted by molar-refractivity contribution is -0.0120. The van der Waals surface area contributed by atoms with Gasteiger partial charge in [0.1, 0.15) is 18.2 Å². The molecule has 1 unspecified atom stereocenters. The summed E-state index contributed by atoms with van der Waals surface area (Å²) in [5.74, 6) is 2.27. The van der Waals surface area contributed by atoms with E-state index in [1.165, 1.54) is 6.42 Å². The Labute approximate surface area is 114 Å². The summed E-state index contributed by atoms with van der Waals surface area (Å²) in [7, 11) is 1.85. The van der Waals surface area contributed by atoms with Crippen molar-refractivity contribution in [1.82, 2.24) is 9.97 Å². The molecule has 1 aliphatic rings. The van der Waals surface area contributed by atoms with Crippen LogP contribution in [-0.2, 0) is 11.2 Å². The van der Waals surface area contributed by atoms with Crippen LogP contribution in [0, 0.1) is 0 Å². The maximum atomic E-state index is 5.76. The molecule has 1 aliphatic heterocycles. The Morgan fingerprint density at radius 1 is 1.42 bits per heavy atom. The summed E-state index contributed by atoms with van der Waals surface area (Å²) < 4.78 is 11.4. The Bertz CT molecular complexity index is 392. The second kappa shape index (κ2) is 7.28. The van der Waals surface area contributed by atoms with E-state index in [0.717, 1.165) is 43.9 Å². The molecule has 2 heterocycles. The number of nitrogens with zero attached hydrogens (tertiary/aromatic N) is 2. The Balaban J connectivity index is 1.95. The van der Waals surface area contributed by atoms with Gasteiger partial charge in [0.25, 0.3) is 0 Å². The number of rotatable bonds is 6. The molecule has 1 atom stereocenters. The van der Waals surface area contributed by atoms with E-state index in [-0.39, 0.29) is 6.10 Å². The molecule has 0 aromatic carbocycles. The lowest BCUT2D eigenvalue weighted by atomic mass is 10.1. The molecule has 106 valence electrons. The van der Waals surface area contributed by atoms with Gasteiger partial charge >= 0.3 is 0 Å². The number of anilines is 1. The highest BCUT2D eigenvalue weighted by atomic mass is 16.5. The summed E-state index contributed by atoms with van der Waals surface area (Å²) in [5, 5.41) is 3.04. The summed E-state index contributed by atoms with van der Waals surface area (Å²) in [5.41, 5.74) is 0. The molecule has 1 N–H and O–H groups in total. The van der Waals surface area contributed by atoms with E-state index in [4.69, 9.17) is 9.47 Å². The summed E-state index contributed by atoms with van der Waals surface area (Å²) in [6.07, 6.45) is 5.56. The molecule has 1 aromatic rings. The normalized spacial score (nSPS) is 19.2. The second-order valence-electron chi connectivity index (χ2n) is 4.81. The third-order valence-electron chi connectivity index (χ3n) is 3.17. The van der Waals surface area contributed by atoms with Gasteiger partial charge in [0.05, 0.1) is 6.10 Å². The van der Waals surface area contributed by atoms with Crippen LogP contribution >= 0.6 is 0 Å². The van der Waals surface area contributed by atoms with Crippen LogP contribution in [0.2, 0.25) is 0 Å². The summed E-state index contributed by atoms with van der Waals surface area (Å²) in [4.78, 5) is 8.83. The summed E-state index contributed by atoms with van der Waals surface area (Å²) in [6.45, 7) is 3.54. The molecule has 0 aliphatic carbocycles. The molecule has 0 radical (unpaired) electrons. The van der Waals surface area contributed by atoms with E-state index < -0.39 is 0 Å². The Morgan fingerprint density at radius 2 is 2.32 bits per heavy atom.